The van der Waals surface area contributed by atoms with E-state index in [1.165, 1.54) is 19.2 Å². The Labute approximate surface area is 206 Å². The molecule has 5 rings (SSSR count). The Hall–Kier alpha value is -3.74. The number of nitrogens with one attached hydrogen (secondary N) is 1. The van der Waals surface area contributed by atoms with Gasteiger partial charge in [0.2, 0.25) is 11.8 Å². The van der Waals surface area contributed by atoms with Gasteiger partial charge in [0.25, 0.3) is 0 Å². The molecule has 12 heteroatoms. The molecule has 0 radical (unpaired) electrons. The van der Waals surface area contributed by atoms with Gasteiger partial charge in [-0.1, -0.05) is 6.07 Å². The quantitative estimate of drug-likeness (QED) is 0.488. The summed E-state index contributed by atoms with van der Waals surface area (Å²) in [6.45, 7) is 3.63. The zero-order chi connectivity index (χ0) is 25.1. The second kappa shape index (κ2) is 10.5. The fourth-order valence-electron chi connectivity index (χ4n) is 4.25. The molecule has 3 N–H and O–H groups in total. The third kappa shape index (κ3) is 5.10. The largest absolute Gasteiger partial charge is 0.481 e. The van der Waals surface area contributed by atoms with Crippen molar-refractivity contribution in [1.82, 2.24) is 25.4 Å². The summed E-state index contributed by atoms with van der Waals surface area (Å²) < 4.78 is 30.6. The molecule has 0 amide bonds. The number of aliphatic imine (C=N–C) groups is 1. The molecule has 0 saturated carbocycles. The number of ether oxygens (including phenoxy) is 3. The number of nitrogen functional groups attached to an aromatic ring is 1. The molecule has 2 aliphatic heterocycles. The number of aromatic nitrogens is 4. The lowest BCUT2D eigenvalue weighted by atomic mass is 9.92. The minimum absolute atomic E-state index is 0.162. The number of rotatable bonds is 6. The van der Waals surface area contributed by atoms with Crippen molar-refractivity contribution in [2.45, 2.75) is 25.5 Å². The number of nitrogens with zero attached hydrogens (tertiary/aromatic N) is 5. The highest BCUT2D eigenvalue weighted by molar-refractivity contribution is 6.01. The van der Waals surface area contributed by atoms with Crippen LogP contribution in [0, 0.1) is 12.7 Å². The number of anilines is 1. The average Bonchev–Trinajstić information content (AvgIpc) is 2.88. The number of benzene rings is 1. The second-order valence-corrected chi connectivity index (χ2v) is 8.32. The zero-order valence-corrected chi connectivity index (χ0v) is 19.9. The topological polar surface area (TPSA) is 139 Å². The van der Waals surface area contributed by atoms with Crippen LogP contribution >= 0.6 is 0 Å². The summed E-state index contributed by atoms with van der Waals surface area (Å²) in [5, 5.41) is 0. The van der Waals surface area contributed by atoms with Gasteiger partial charge in [0.1, 0.15) is 18.5 Å². The molecule has 188 valence electrons. The summed E-state index contributed by atoms with van der Waals surface area (Å²) in [4.78, 5) is 28.1. The van der Waals surface area contributed by atoms with Gasteiger partial charge in [-0.05, 0) is 24.6 Å². The van der Waals surface area contributed by atoms with Crippen molar-refractivity contribution in [2.24, 2.45) is 4.99 Å². The highest BCUT2D eigenvalue weighted by Crippen LogP contribution is 2.35. The summed E-state index contributed by atoms with van der Waals surface area (Å²) in [7, 11) is 1.51. The smallest absolute Gasteiger partial charge is 0.220 e. The summed E-state index contributed by atoms with van der Waals surface area (Å²) >= 11 is 0. The summed E-state index contributed by atoms with van der Waals surface area (Å²) in [6, 6.07) is 5.62. The Kier molecular flexibility index (Phi) is 6.98. The van der Waals surface area contributed by atoms with Crippen molar-refractivity contribution in [2.75, 3.05) is 39.3 Å². The molecule has 0 spiro atoms. The van der Waals surface area contributed by atoms with Crippen LogP contribution in [0.3, 0.4) is 0 Å². The number of hydrogen-bond acceptors (Lipinski definition) is 11. The highest BCUT2D eigenvalue weighted by Gasteiger charge is 2.29. The van der Waals surface area contributed by atoms with Gasteiger partial charge in [-0.25, -0.2) is 24.8 Å². The number of nitrogens with two attached hydrogens (primary N) is 1. The molecule has 2 atom stereocenters. The first kappa shape index (κ1) is 24.0. The van der Waals surface area contributed by atoms with Crippen LogP contribution in [0.25, 0.3) is 11.4 Å². The molecule has 0 aliphatic carbocycles. The van der Waals surface area contributed by atoms with Gasteiger partial charge >= 0.3 is 0 Å². The third-order valence-corrected chi connectivity index (χ3v) is 5.87. The van der Waals surface area contributed by atoms with Crippen LogP contribution in [0.5, 0.6) is 5.88 Å². The van der Waals surface area contributed by atoms with E-state index in [4.69, 9.17) is 29.8 Å². The normalized spacial score (nSPS) is 19.4. The van der Waals surface area contributed by atoms with E-state index in [1.807, 2.05) is 6.92 Å². The van der Waals surface area contributed by atoms with Gasteiger partial charge in [0, 0.05) is 24.2 Å². The lowest BCUT2D eigenvalue weighted by Gasteiger charge is -2.27. The van der Waals surface area contributed by atoms with Crippen molar-refractivity contribution in [1.29, 1.82) is 0 Å². The van der Waals surface area contributed by atoms with Crippen LogP contribution in [-0.2, 0) is 20.7 Å². The van der Waals surface area contributed by atoms with Gasteiger partial charge in [0.15, 0.2) is 11.7 Å². The molecular formula is C24H26FN7O4. The molecule has 2 aromatic heterocycles. The van der Waals surface area contributed by atoms with Crippen molar-refractivity contribution in [3.63, 3.8) is 0 Å². The molecule has 36 heavy (non-hydrogen) atoms. The lowest BCUT2D eigenvalue weighted by molar-refractivity contribution is -0.122. The van der Waals surface area contributed by atoms with Gasteiger partial charge in [0.05, 0.1) is 49.9 Å². The van der Waals surface area contributed by atoms with Crippen molar-refractivity contribution in [3.8, 4) is 17.3 Å². The summed E-state index contributed by atoms with van der Waals surface area (Å²) in [6.07, 6.45) is 1.78. The third-order valence-electron chi connectivity index (χ3n) is 5.87. The number of amidine groups is 1. The van der Waals surface area contributed by atoms with Crippen molar-refractivity contribution < 1.29 is 23.4 Å². The molecule has 4 heterocycles. The van der Waals surface area contributed by atoms with Crippen LogP contribution in [-0.4, -0.2) is 65.4 Å². The van der Waals surface area contributed by atoms with Gasteiger partial charge < -0.3 is 19.9 Å². The van der Waals surface area contributed by atoms with E-state index in [9.17, 15) is 4.39 Å². The molecule has 1 aromatic carbocycles. The summed E-state index contributed by atoms with van der Waals surface area (Å²) in [5.74, 6) is 0.879. The molecule has 3 aromatic rings. The Bertz CT molecular complexity index is 1280. The number of aryl methyl sites for hydroxylation is 1. The first-order valence-corrected chi connectivity index (χ1v) is 11.5. The molecule has 11 nitrogen and oxygen atoms in total. The maximum Gasteiger partial charge on any atom is 0.220 e. The van der Waals surface area contributed by atoms with Crippen LogP contribution in [0.4, 0.5) is 10.3 Å². The van der Waals surface area contributed by atoms with E-state index in [1.54, 1.807) is 18.3 Å². The first-order valence-electron chi connectivity index (χ1n) is 11.5. The minimum Gasteiger partial charge on any atom is -0.481 e. The van der Waals surface area contributed by atoms with Crippen molar-refractivity contribution in [3.05, 3.63) is 58.8 Å². The molecule has 0 bridgehead atoms. The fourth-order valence-corrected chi connectivity index (χ4v) is 4.25. The van der Waals surface area contributed by atoms with Gasteiger partial charge in [-0.2, -0.15) is 4.98 Å². The Balaban J connectivity index is 1.50. The highest BCUT2D eigenvalue weighted by atomic mass is 19.1. The van der Waals surface area contributed by atoms with E-state index in [0.29, 0.717) is 71.9 Å². The number of fused-ring (bicyclic) bond motifs is 1. The fraction of sp³-hybridized carbons (Fsp3) is 0.375. The maximum atomic E-state index is 14.3. The second-order valence-electron chi connectivity index (χ2n) is 8.32. The maximum absolute atomic E-state index is 14.3. The Morgan fingerprint density at radius 3 is 2.89 bits per heavy atom. The predicted octanol–water partition coefficient (Wildman–Crippen LogP) is 1.95. The van der Waals surface area contributed by atoms with Crippen LogP contribution in [0.1, 0.15) is 28.6 Å². The average molecular weight is 496 g/mol. The van der Waals surface area contributed by atoms with Crippen LogP contribution in [0.2, 0.25) is 0 Å². The molecule has 0 unspecified atom stereocenters. The van der Waals surface area contributed by atoms with Crippen LogP contribution in [0.15, 0.2) is 35.5 Å². The molecule has 1 fully saturated rings. The molecule has 2 aliphatic rings. The van der Waals surface area contributed by atoms with Gasteiger partial charge in [-0.3, -0.25) is 9.83 Å². The number of methoxy groups -OCH3 is 1. The van der Waals surface area contributed by atoms with E-state index in [-0.39, 0.29) is 18.7 Å². The standard InChI is InChI=1S/C24H26FN7O4/c1-13-21-19(30-24(26)28-13)10-18(29-23(21)32-36-12-15-11-34-7-8-35-15)16-4-3-14(25)9-17(16)22-27-6-5-20(31-22)33-2/h3-6,9,15,18H,7-8,10-12H2,1-2H3,(H,29,32)(H2,26,28,30)/t15-,18-/m1/s1. The first-order chi connectivity index (χ1) is 17.5. The van der Waals surface area contributed by atoms with Crippen molar-refractivity contribution >= 4 is 11.8 Å². The number of hydroxylamine groups is 1. The van der Waals surface area contributed by atoms with E-state index >= 15 is 0 Å². The lowest BCUT2D eigenvalue weighted by Crippen LogP contribution is -2.38. The predicted molar refractivity (Wildman–Crippen MR) is 128 cm³/mol. The van der Waals surface area contributed by atoms with E-state index < -0.39 is 11.9 Å². The Morgan fingerprint density at radius 2 is 2.08 bits per heavy atom. The zero-order valence-electron chi connectivity index (χ0n) is 19.9. The van der Waals surface area contributed by atoms with Crippen LogP contribution < -0.4 is 16.0 Å². The van der Waals surface area contributed by atoms with E-state index in [2.05, 4.69) is 25.4 Å². The Morgan fingerprint density at radius 1 is 1.19 bits per heavy atom. The van der Waals surface area contributed by atoms with E-state index in [0.717, 1.165) is 0 Å². The number of hydrogen-bond donors (Lipinski definition) is 2. The monoisotopic (exact) mass is 495 g/mol. The molecular weight excluding hydrogens is 469 g/mol. The molecule has 1 saturated heterocycles. The van der Waals surface area contributed by atoms with Gasteiger partial charge in [-0.15, -0.1) is 0 Å². The SMILES string of the molecule is COc1ccnc(-c2cc(F)ccc2[C@H]2Cc3nc(N)nc(C)c3C(NOC[C@H]3COCCO3)=N2)n1. The number of halogens is 1. The summed E-state index contributed by atoms with van der Waals surface area (Å²) in [5.41, 5.74) is 12.2. The minimum atomic E-state index is -0.447.